The SMILES string of the molecule is CC1(OC(=O)C2(C(=O)O)CCC2)C(=O)NN=C1Cc1ccccc1. The number of carbonyl (C=O) groups excluding carboxylic acids is 2. The normalized spacial score (nSPS) is 24.5. The number of rotatable bonds is 5. The number of carboxylic acid groups (broad SMARTS) is 1. The molecule has 126 valence electrons. The Morgan fingerprint density at radius 3 is 2.50 bits per heavy atom. The first-order valence-corrected chi connectivity index (χ1v) is 7.77. The van der Waals surface area contributed by atoms with Crippen LogP contribution in [0, 0.1) is 5.41 Å². The monoisotopic (exact) mass is 330 g/mol. The minimum absolute atomic E-state index is 0.226. The van der Waals surface area contributed by atoms with E-state index in [9.17, 15) is 19.5 Å². The highest BCUT2D eigenvalue weighted by molar-refractivity contribution is 6.17. The van der Waals surface area contributed by atoms with Crippen molar-refractivity contribution in [1.29, 1.82) is 0 Å². The summed E-state index contributed by atoms with van der Waals surface area (Å²) in [7, 11) is 0. The molecule has 1 heterocycles. The Morgan fingerprint density at radius 1 is 1.29 bits per heavy atom. The largest absolute Gasteiger partial charge is 0.480 e. The van der Waals surface area contributed by atoms with Gasteiger partial charge in [-0.15, -0.1) is 0 Å². The molecule has 1 amide bonds. The van der Waals surface area contributed by atoms with Crippen molar-refractivity contribution in [2.24, 2.45) is 10.5 Å². The zero-order valence-electron chi connectivity index (χ0n) is 13.2. The Labute approximate surface area is 138 Å². The molecule has 2 aliphatic rings. The summed E-state index contributed by atoms with van der Waals surface area (Å²) in [4.78, 5) is 36.1. The summed E-state index contributed by atoms with van der Waals surface area (Å²) in [6, 6.07) is 9.33. The molecular weight excluding hydrogens is 312 g/mol. The van der Waals surface area contributed by atoms with Gasteiger partial charge in [0.1, 0.15) is 0 Å². The second-order valence-electron chi connectivity index (χ2n) is 6.33. The number of ether oxygens (including phenoxy) is 1. The number of aliphatic carboxylic acids is 1. The van der Waals surface area contributed by atoms with Gasteiger partial charge in [0, 0.05) is 6.42 Å². The molecular formula is C17H18N2O5. The summed E-state index contributed by atoms with van der Waals surface area (Å²) in [5.74, 6) is -2.65. The summed E-state index contributed by atoms with van der Waals surface area (Å²) < 4.78 is 5.40. The van der Waals surface area contributed by atoms with Crippen molar-refractivity contribution in [3.05, 3.63) is 35.9 Å². The molecule has 7 heteroatoms. The molecule has 0 spiro atoms. The second-order valence-corrected chi connectivity index (χ2v) is 6.33. The third-order valence-corrected chi connectivity index (χ3v) is 4.79. The number of benzene rings is 1. The van der Waals surface area contributed by atoms with Gasteiger partial charge in [-0.05, 0) is 31.7 Å². The second kappa shape index (κ2) is 5.74. The number of nitrogens with zero attached hydrogens (tertiary/aromatic N) is 1. The molecule has 1 saturated carbocycles. The number of hydrogen-bond donors (Lipinski definition) is 2. The van der Waals surface area contributed by atoms with Crippen molar-refractivity contribution in [1.82, 2.24) is 5.43 Å². The molecule has 0 radical (unpaired) electrons. The van der Waals surface area contributed by atoms with Crippen LogP contribution in [0.1, 0.15) is 31.7 Å². The number of amides is 1. The van der Waals surface area contributed by atoms with Gasteiger partial charge in [0.2, 0.25) is 5.60 Å². The van der Waals surface area contributed by atoms with Crippen LogP contribution < -0.4 is 5.43 Å². The maximum absolute atomic E-state index is 12.5. The Bertz CT molecular complexity index is 724. The number of hydrogen-bond acceptors (Lipinski definition) is 5. The Kier molecular flexibility index (Phi) is 3.87. The van der Waals surface area contributed by atoms with Crippen molar-refractivity contribution in [2.75, 3.05) is 0 Å². The molecule has 1 aliphatic carbocycles. The van der Waals surface area contributed by atoms with Crippen molar-refractivity contribution < 1.29 is 24.2 Å². The highest BCUT2D eigenvalue weighted by Crippen LogP contribution is 2.43. The van der Waals surface area contributed by atoms with Crippen LogP contribution in [-0.2, 0) is 25.5 Å². The van der Waals surface area contributed by atoms with E-state index in [0.717, 1.165) is 5.56 Å². The van der Waals surface area contributed by atoms with E-state index < -0.39 is 28.9 Å². The summed E-state index contributed by atoms with van der Waals surface area (Å²) in [5.41, 5.74) is 0.459. The predicted octanol–water partition coefficient (Wildman–Crippen LogP) is 1.27. The van der Waals surface area contributed by atoms with Crippen LogP contribution in [-0.4, -0.2) is 34.3 Å². The highest BCUT2D eigenvalue weighted by Gasteiger charge is 2.57. The zero-order chi connectivity index (χ0) is 17.4. The van der Waals surface area contributed by atoms with Gasteiger partial charge in [0.15, 0.2) is 5.41 Å². The van der Waals surface area contributed by atoms with E-state index in [1.165, 1.54) is 6.92 Å². The fourth-order valence-electron chi connectivity index (χ4n) is 2.88. The molecule has 7 nitrogen and oxygen atoms in total. The van der Waals surface area contributed by atoms with Crippen LogP contribution in [0.25, 0.3) is 0 Å². The van der Waals surface area contributed by atoms with Crippen LogP contribution >= 0.6 is 0 Å². The summed E-state index contributed by atoms with van der Waals surface area (Å²) in [6.45, 7) is 1.45. The smallest absolute Gasteiger partial charge is 0.324 e. The Balaban J connectivity index is 1.81. The van der Waals surface area contributed by atoms with Crippen LogP contribution in [0.2, 0.25) is 0 Å². The minimum Gasteiger partial charge on any atom is -0.480 e. The number of hydrazone groups is 1. The van der Waals surface area contributed by atoms with E-state index in [1.807, 2.05) is 30.3 Å². The van der Waals surface area contributed by atoms with E-state index in [2.05, 4.69) is 10.5 Å². The standard InChI is InChI=1S/C17H18N2O5/c1-16(24-15(23)17(14(21)22)8-5-9-17)12(18-19-13(16)20)10-11-6-3-2-4-7-11/h2-4,6-7H,5,8-10H2,1H3,(H,19,20)(H,21,22). The predicted molar refractivity (Wildman–Crippen MR) is 84.1 cm³/mol. The maximum atomic E-state index is 12.5. The molecule has 24 heavy (non-hydrogen) atoms. The van der Waals surface area contributed by atoms with E-state index >= 15 is 0 Å². The molecule has 1 unspecified atom stereocenters. The molecule has 0 bridgehead atoms. The number of esters is 1. The van der Waals surface area contributed by atoms with Gasteiger partial charge >= 0.3 is 11.9 Å². The van der Waals surface area contributed by atoms with Gasteiger partial charge in [-0.25, -0.2) is 5.43 Å². The maximum Gasteiger partial charge on any atom is 0.324 e. The van der Waals surface area contributed by atoms with Crippen molar-refractivity contribution in [3.8, 4) is 0 Å². The van der Waals surface area contributed by atoms with Crippen LogP contribution in [0.15, 0.2) is 35.4 Å². The van der Waals surface area contributed by atoms with Gasteiger partial charge in [0.05, 0.1) is 5.71 Å². The molecule has 1 fully saturated rings. The number of carboxylic acids is 1. The van der Waals surface area contributed by atoms with Crippen LogP contribution in [0.3, 0.4) is 0 Å². The zero-order valence-corrected chi connectivity index (χ0v) is 13.2. The lowest BCUT2D eigenvalue weighted by Crippen LogP contribution is -2.54. The lowest BCUT2D eigenvalue weighted by atomic mass is 9.68. The first-order chi connectivity index (χ1) is 11.4. The highest BCUT2D eigenvalue weighted by atomic mass is 16.6. The molecule has 1 aliphatic heterocycles. The van der Waals surface area contributed by atoms with E-state index in [-0.39, 0.29) is 12.8 Å². The topological polar surface area (TPSA) is 105 Å². The van der Waals surface area contributed by atoms with Crippen LogP contribution in [0.4, 0.5) is 0 Å². The molecule has 2 N–H and O–H groups in total. The van der Waals surface area contributed by atoms with Gasteiger partial charge in [0.25, 0.3) is 5.91 Å². The van der Waals surface area contributed by atoms with Crippen LogP contribution in [0.5, 0.6) is 0 Å². The third kappa shape index (κ3) is 2.46. The lowest BCUT2D eigenvalue weighted by molar-refractivity contribution is -0.183. The van der Waals surface area contributed by atoms with E-state index in [1.54, 1.807) is 0 Å². The van der Waals surface area contributed by atoms with Crippen molar-refractivity contribution >= 4 is 23.6 Å². The van der Waals surface area contributed by atoms with Crippen molar-refractivity contribution in [2.45, 2.75) is 38.2 Å². The average Bonchev–Trinajstić information content (AvgIpc) is 2.75. The third-order valence-electron chi connectivity index (χ3n) is 4.79. The fourth-order valence-corrected chi connectivity index (χ4v) is 2.88. The Hall–Kier alpha value is -2.70. The van der Waals surface area contributed by atoms with E-state index in [4.69, 9.17) is 4.74 Å². The number of nitrogens with one attached hydrogen (secondary N) is 1. The summed E-state index contributed by atoms with van der Waals surface area (Å²) in [6.07, 6.45) is 1.42. The summed E-state index contributed by atoms with van der Waals surface area (Å²) >= 11 is 0. The minimum atomic E-state index is -1.59. The van der Waals surface area contributed by atoms with Gasteiger partial charge in [-0.1, -0.05) is 30.3 Å². The lowest BCUT2D eigenvalue weighted by Gasteiger charge is -2.37. The first-order valence-electron chi connectivity index (χ1n) is 7.77. The van der Waals surface area contributed by atoms with E-state index in [0.29, 0.717) is 18.6 Å². The molecule has 3 rings (SSSR count). The molecule has 1 atom stereocenters. The average molecular weight is 330 g/mol. The molecule has 0 saturated heterocycles. The first kappa shape index (κ1) is 16.2. The van der Waals surface area contributed by atoms with Gasteiger partial charge in [-0.2, -0.15) is 5.10 Å². The quantitative estimate of drug-likeness (QED) is 0.625. The van der Waals surface area contributed by atoms with Gasteiger partial charge < -0.3 is 9.84 Å². The molecule has 1 aromatic rings. The summed E-state index contributed by atoms with van der Waals surface area (Å²) in [5, 5.41) is 13.3. The number of carbonyl (C=O) groups is 3. The molecule has 0 aromatic heterocycles. The van der Waals surface area contributed by atoms with Crippen molar-refractivity contribution in [3.63, 3.8) is 0 Å². The van der Waals surface area contributed by atoms with Gasteiger partial charge in [-0.3, -0.25) is 14.4 Å². The fraction of sp³-hybridized carbons (Fsp3) is 0.412. The molecule has 1 aromatic carbocycles. The Morgan fingerprint density at radius 2 is 1.96 bits per heavy atom.